The van der Waals surface area contributed by atoms with Gasteiger partial charge in [0.25, 0.3) is 0 Å². The lowest BCUT2D eigenvalue weighted by Crippen LogP contribution is -2.17. The molecule has 2 heteroatoms. The van der Waals surface area contributed by atoms with Crippen molar-refractivity contribution in [1.82, 2.24) is 0 Å². The second-order valence-electron chi connectivity index (χ2n) is 5.67. The molecule has 2 rings (SSSR count). The van der Waals surface area contributed by atoms with Gasteiger partial charge in [0.15, 0.2) is 6.29 Å². The lowest BCUT2D eigenvalue weighted by Gasteiger charge is -2.16. The number of hydrogen-bond donors (Lipinski definition) is 0. The van der Waals surface area contributed by atoms with Crippen molar-refractivity contribution in [2.24, 2.45) is 0 Å². The zero-order valence-electron chi connectivity index (χ0n) is 13.8. The molecule has 118 valence electrons. The molecule has 22 heavy (non-hydrogen) atoms. The Morgan fingerprint density at radius 1 is 0.909 bits per heavy atom. The molecule has 0 radical (unpaired) electrons. The maximum Gasteiger partial charge on any atom is 0.196 e. The summed E-state index contributed by atoms with van der Waals surface area (Å²) >= 11 is 0. The summed E-state index contributed by atoms with van der Waals surface area (Å²) < 4.78 is 11.5. The van der Waals surface area contributed by atoms with Crippen molar-refractivity contribution in [3.63, 3.8) is 0 Å². The zero-order chi connectivity index (χ0) is 15.8. The van der Waals surface area contributed by atoms with Crippen LogP contribution in [0.5, 0.6) is 5.75 Å². The van der Waals surface area contributed by atoms with Gasteiger partial charge >= 0.3 is 0 Å². The molecule has 0 bridgehead atoms. The van der Waals surface area contributed by atoms with Gasteiger partial charge in [-0.2, -0.15) is 0 Å². The molecule has 2 nitrogen and oxygen atoms in total. The van der Waals surface area contributed by atoms with Gasteiger partial charge in [-0.1, -0.05) is 56.3 Å². The maximum atomic E-state index is 5.80. The molecule has 2 unspecified atom stereocenters. The second-order valence-corrected chi connectivity index (χ2v) is 5.67. The van der Waals surface area contributed by atoms with Crippen molar-refractivity contribution in [3.8, 4) is 5.75 Å². The maximum absolute atomic E-state index is 5.80. The second kappa shape index (κ2) is 8.60. The highest BCUT2D eigenvalue weighted by molar-refractivity contribution is 5.29. The standard InChI is InChI=1S/C20H26O2/c1-4-16(2)19-10-12-20(13-11-19)22-17(3)21-15-14-18-8-6-5-7-9-18/h5-13,16-17H,4,14-15H2,1-3H3. The van der Waals surface area contributed by atoms with Crippen LogP contribution in [-0.4, -0.2) is 12.9 Å². The van der Waals surface area contributed by atoms with Crippen molar-refractivity contribution in [2.75, 3.05) is 6.61 Å². The third-order valence-corrected chi connectivity index (χ3v) is 3.95. The number of hydrogen-bond acceptors (Lipinski definition) is 2. The monoisotopic (exact) mass is 298 g/mol. The first-order valence-electron chi connectivity index (χ1n) is 8.11. The molecule has 0 aliphatic carbocycles. The van der Waals surface area contributed by atoms with E-state index in [0.717, 1.165) is 18.6 Å². The fraction of sp³-hybridized carbons (Fsp3) is 0.400. The van der Waals surface area contributed by atoms with Crippen LogP contribution in [0.1, 0.15) is 44.2 Å². The van der Waals surface area contributed by atoms with Crippen LogP contribution in [0.3, 0.4) is 0 Å². The predicted octanol–water partition coefficient (Wildman–Crippen LogP) is 5.18. The summed E-state index contributed by atoms with van der Waals surface area (Å²) in [7, 11) is 0. The minimum Gasteiger partial charge on any atom is -0.465 e. The third kappa shape index (κ3) is 5.19. The smallest absolute Gasteiger partial charge is 0.196 e. The Morgan fingerprint density at radius 2 is 1.59 bits per heavy atom. The van der Waals surface area contributed by atoms with Gasteiger partial charge in [0, 0.05) is 0 Å². The van der Waals surface area contributed by atoms with Crippen LogP contribution in [0.25, 0.3) is 0 Å². The van der Waals surface area contributed by atoms with E-state index in [1.165, 1.54) is 11.1 Å². The Morgan fingerprint density at radius 3 is 2.23 bits per heavy atom. The molecule has 2 aromatic carbocycles. The molecule has 0 N–H and O–H groups in total. The van der Waals surface area contributed by atoms with Gasteiger partial charge in [0.05, 0.1) is 6.61 Å². The van der Waals surface area contributed by atoms with Crippen molar-refractivity contribution in [3.05, 3.63) is 65.7 Å². The Hall–Kier alpha value is -1.80. The van der Waals surface area contributed by atoms with Crippen molar-refractivity contribution < 1.29 is 9.47 Å². The summed E-state index contributed by atoms with van der Waals surface area (Å²) in [6.45, 7) is 7.05. The SMILES string of the molecule is CCC(C)c1ccc(OC(C)OCCc2ccccc2)cc1. The van der Waals surface area contributed by atoms with Crippen LogP contribution >= 0.6 is 0 Å². The molecule has 0 saturated heterocycles. The summed E-state index contributed by atoms with van der Waals surface area (Å²) in [6, 6.07) is 18.7. The fourth-order valence-electron chi connectivity index (χ4n) is 2.32. The number of benzene rings is 2. The van der Waals surface area contributed by atoms with Gasteiger partial charge in [0.1, 0.15) is 5.75 Å². The Balaban J connectivity index is 1.75. The van der Waals surface area contributed by atoms with E-state index < -0.39 is 0 Å². The first-order valence-corrected chi connectivity index (χ1v) is 8.11. The average Bonchev–Trinajstić information content (AvgIpc) is 2.56. The van der Waals surface area contributed by atoms with E-state index in [2.05, 4.69) is 38.1 Å². The van der Waals surface area contributed by atoms with E-state index in [1.807, 2.05) is 37.3 Å². The summed E-state index contributed by atoms with van der Waals surface area (Å²) in [5.74, 6) is 1.45. The summed E-state index contributed by atoms with van der Waals surface area (Å²) in [5, 5.41) is 0. The minimum absolute atomic E-state index is 0.238. The van der Waals surface area contributed by atoms with E-state index in [-0.39, 0.29) is 6.29 Å². The van der Waals surface area contributed by atoms with Gasteiger partial charge in [-0.25, -0.2) is 0 Å². The molecule has 2 aromatic rings. The van der Waals surface area contributed by atoms with E-state index >= 15 is 0 Å². The van der Waals surface area contributed by atoms with E-state index in [4.69, 9.17) is 9.47 Å². The predicted molar refractivity (Wildman–Crippen MR) is 91.3 cm³/mol. The molecule has 2 atom stereocenters. The van der Waals surface area contributed by atoms with Crippen LogP contribution in [-0.2, 0) is 11.2 Å². The van der Waals surface area contributed by atoms with E-state index in [1.54, 1.807) is 0 Å². The van der Waals surface area contributed by atoms with Gasteiger partial charge < -0.3 is 9.47 Å². The Bertz CT molecular complexity index is 533. The molecule has 0 aliphatic heterocycles. The first-order chi connectivity index (χ1) is 10.7. The van der Waals surface area contributed by atoms with Crippen LogP contribution in [0.4, 0.5) is 0 Å². The van der Waals surface area contributed by atoms with E-state index in [0.29, 0.717) is 12.5 Å². The lowest BCUT2D eigenvalue weighted by molar-refractivity contribution is -0.0654. The highest BCUT2D eigenvalue weighted by Crippen LogP contribution is 2.22. The van der Waals surface area contributed by atoms with Crippen LogP contribution in [0.15, 0.2) is 54.6 Å². The van der Waals surface area contributed by atoms with Crippen LogP contribution < -0.4 is 4.74 Å². The molecule has 0 heterocycles. The van der Waals surface area contributed by atoms with Gasteiger partial charge in [-0.05, 0) is 48.9 Å². The highest BCUT2D eigenvalue weighted by Gasteiger charge is 2.06. The summed E-state index contributed by atoms with van der Waals surface area (Å²) in [6.07, 6.45) is 1.82. The molecule has 0 fully saturated rings. The normalized spacial score (nSPS) is 13.6. The molecule has 0 aliphatic rings. The number of rotatable bonds is 8. The lowest BCUT2D eigenvalue weighted by atomic mass is 9.99. The number of ether oxygens (including phenoxy) is 2. The molecular weight excluding hydrogens is 272 g/mol. The Kier molecular flexibility index (Phi) is 6.47. The summed E-state index contributed by atoms with van der Waals surface area (Å²) in [4.78, 5) is 0. The topological polar surface area (TPSA) is 18.5 Å². The average molecular weight is 298 g/mol. The molecule has 0 amide bonds. The minimum atomic E-state index is -0.238. The van der Waals surface area contributed by atoms with Crippen LogP contribution in [0, 0.1) is 0 Å². The largest absolute Gasteiger partial charge is 0.465 e. The van der Waals surface area contributed by atoms with Gasteiger partial charge in [-0.15, -0.1) is 0 Å². The van der Waals surface area contributed by atoms with Crippen LogP contribution in [0.2, 0.25) is 0 Å². The van der Waals surface area contributed by atoms with Gasteiger partial charge in [0.2, 0.25) is 0 Å². The molecule has 0 saturated carbocycles. The molecule has 0 aromatic heterocycles. The zero-order valence-corrected chi connectivity index (χ0v) is 13.8. The molecule has 0 spiro atoms. The van der Waals surface area contributed by atoms with E-state index in [9.17, 15) is 0 Å². The quantitative estimate of drug-likeness (QED) is 0.625. The van der Waals surface area contributed by atoms with Crippen molar-refractivity contribution in [1.29, 1.82) is 0 Å². The Labute approximate surface area is 134 Å². The molecular formula is C20H26O2. The van der Waals surface area contributed by atoms with Crippen molar-refractivity contribution in [2.45, 2.75) is 45.8 Å². The fourth-order valence-corrected chi connectivity index (χ4v) is 2.32. The highest BCUT2D eigenvalue weighted by atomic mass is 16.7. The van der Waals surface area contributed by atoms with Gasteiger partial charge in [-0.3, -0.25) is 0 Å². The first kappa shape index (κ1) is 16.6. The van der Waals surface area contributed by atoms with Crippen molar-refractivity contribution >= 4 is 0 Å². The third-order valence-electron chi connectivity index (χ3n) is 3.95. The summed E-state index contributed by atoms with van der Waals surface area (Å²) in [5.41, 5.74) is 2.64.